The zero-order valence-electron chi connectivity index (χ0n) is 15.8. The molecule has 0 aromatic heterocycles. The fraction of sp³-hybridized carbons (Fsp3) is 0.619. The molecule has 2 N–H and O–H groups in total. The van der Waals surface area contributed by atoms with E-state index in [2.05, 4.69) is 29.2 Å². The van der Waals surface area contributed by atoms with Crippen LogP contribution in [0.1, 0.15) is 18.4 Å². The quantitative estimate of drug-likeness (QED) is 0.806. The molecule has 1 aromatic carbocycles. The Balaban J connectivity index is 1.34. The molecule has 3 fully saturated rings. The van der Waals surface area contributed by atoms with Gasteiger partial charge >= 0.3 is 0 Å². The van der Waals surface area contributed by atoms with Crippen molar-refractivity contribution in [1.29, 1.82) is 0 Å². The van der Waals surface area contributed by atoms with Crippen molar-refractivity contribution in [2.45, 2.75) is 25.3 Å². The first-order valence-corrected chi connectivity index (χ1v) is 10.1. The number of nitrogens with zero attached hydrogens (tertiary/aromatic N) is 2. The second-order valence-corrected chi connectivity index (χ2v) is 8.16. The highest BCUT2D eigenvalue weighted by atomic mass is 16.5. The van der Waals surface area contributed by atoms with Gasteiger partial charge in [0.25, 0.3) is 0 Å². The van der Waals surface area contributed by atoms with Crippen LogP contribution < -0.4 is 5.73 Å². The number of hydrogen-bond donors (Lipinski definition) is 1. The largest absolute Gasteiger partial charge is 0.381 e. The number of aryl methyl sites for hydroxylation is 1. The van der Waals surface area contributed by atoms with Crippen molar-refractivity contribution in [3.8, 4) is 0 Å². The second kappa shape index (κ2) is 7.98. The summed E-state index contributed by atoms with van der Waals surface area (Å²) in [4.78, 5) is 29.1. The van der Waals surface area contributed by atoms with Crippen LogP contribution >= 0.6 is 0 Å². The van der Waals surface area contributed by atoms with E-state index in [1.807, 2.05) is 11.0 Å². The van der Waals surface area contributed by atoms with Crippen LogP contribution in [0.25, 0.3) is 0 Å². The van der Waals surface area contributed by atoms with Gasteiger partial charge in [-0.2, -0.15) is 0 Å². The predicted octanol–water partition coefficient (Wildman–Crippen LogP) is 0.900. The first-order chi connectivity index (χ1) is 13.1. The summed E-state index contributed by atoms with van der Waals surface area (Å²) in [6.45, 7) is 4.35. The van der Waals surface area contributed by atoms with E-state index in [-0.39, 0.29) is 29.7 Å². The maximum atomic E-state index is 12.7. The highest BCUT2D eigenvalue weighted by molar-refractivity contribution is 5.82. The van der Waals surface area contributed by atoms with Gasteiger partial charge in [-0.25, -0.2) is 0 Å². The summed E-state index contributed by atoms with van der Waals surface area (Å²) in [6, 6.07) is 10.2. The highest BCUT2D eigenvalue weighted by Crippen LogP contribution is 2.37. The maximum Gasteiger partial charge on any atom is 0.235 e. The lowest BCUT2D eigenvalue weighted by Crippen LogP contribution is -2.47. The third-order valence-corrected chi connectivity index (χ3v) is 6.40. The third kappa shape index (κ3) is 3.87. The molecule has 0 bridgehead atoms. The summed E-state index contributed by atoms with van der Waals surface area (Å²) in [5, 5.41) is 0. The minimum Gasteiger partial charge on any atom is -0.381 e. The maximum absolute atomic E-state index is 12.7. The molecule has 0 radical (unpaired) electrons. The van der Waals surface area contributed by atoms with Crippen molar-refractivity contribution in [3.05, 3.63) is 35.9 Å². The van der Waals surface area contributed by atoms with Crippen molar-refractivity contribution in [3.63, 3.8) is 0 Å². The molecule has 3 unspecified atom stereocenters. The lowest BCUT2D eigenvalue weighted by Gasteiger charge is -2.28. The van der Waals surface area contributed by atoms with Gasteiger partial charge in [0, 0.05) is 32.2 Å². The molecule has 27 heavy (non-hydrogen) atoms. The van der Waals surface area contributed by atoms with Crippen molar-refractivity contribution in [2.75, 3.05) is 39.4 Å². The molecule has 3 heterocycles. The summed E-state index contributed by atoms with van der Waals surface area (Å²) in [5.74, 6) is 0.468. The molecular formula is C21H29N3O3. The van der Waals surface area contributed by atoms with E-state index >= 15 is 0 Å². The molecule has 146 valence electrons. The topological polar surface area (TPSA) is 75.9 Å². The van der Waals surface area contributed by atoms with Crippen molar-refractivity contribution < 1.29 is 14.3 Å². The summed E-state index contributed by atoms with van der Waals surface area (Å²) in [5.41, 5.74) is 7.09. The van der Waals surface area contributed by atoms with E-state index in [4.69, 9.17) is 10.5 Å². The first-order valence-electron chi connectivity index (χ1n) is 10.1. The number of ether oxygens (including phenoxy) is 1. The fourth-order valence-corrected chi connectivity index (χ4v) is 5.05. The van der Waals surface area contributed by atoms with Gasteiger partial charge in [-0.15, -0.1) is 0 Å². The average molecular weight is 371 g/mol. The highest BCUT2D eigenvalue weighted by Gasteiger charge is 2.50. The van der Waals surface area contributed by atoms with Crippen LogP contribution in [0, 0.1) is 17.8 Å². The van der Waals surface area contributed by atoms with Gasteiger partial charge in [0.05, 0.1) is 18.6 Å². The van der Waals surface area contributed by atoms with E-state index in [0.29, 0.717) is 25.7 Å². The average Bonchev–Trinajstić information content (AvgIpc) is 3.37. The molecule has 6 nitrogen and oxygen atoms in total. The summed E-state index contributed by atoms with van der Waals surface area (Å²) < 4.78 is 5.36. The fourth-order valence-electron chi connectivity index (χ4n) is 5.05. The standard InChI is InChI=1S/C21H29N3O3/c22-20(25)19-18-13-24(21(26)16-8-10-27-14-16)12-17(18)11-23(19)9-4-7-15-5-2-1-3-6-15/h1-3,5-6,16-19H,4,7-14H2,(H2,22,25)/t16-,17?,18?,19?/m0/s1. The Hall–Kier alpha value is -1.92. The lowest BCUT2D eigenvalue weighted by atomic mass is 9.94. The molecule has 2 amide bonds. The Morgan fingerprint density at radius 2 is 1.96 bits per heavy atom. The van der Waals surface area contributed by atoms with Crippen LogP contribution in [-0.4, -0.2) is 67.0 Å². The zero-order valence-corrected chi connectivity index (χ0v) is 15.8. The van der Waals surface area contributed by atoms with E-state index in [9.17, 15) is 9.59 Å². The first kappa shape index (κ1) is 18.4. The van der Waals surface area contributed by atoms with Crippen LogP contribution in [0.4, 0.5) is 0 Å². The molecule has 1 aromatic rings. The monoisotopic (exact) mass is 371 g/mol. The molecule has 0 saturated carbocycles. The van der Waals surface area contributed by atoms with Gasteiger partial charge in [-0.05, 0) is 37.3 Å². The predicted molar refractivity (Wildman–Crippen MR) is 102 cm³/mol. The number of hydrogen-bond acceptors (Lipinski definition) is 4. The molecule has 0 spiro atoms. The molecule has 3 aliphatic rings. The Bertz CT molecular complexity index is 675. The summed E-state index contributed by atoms with van der Waals surface area (Å²) in [6.07, 6.45) is 2.83. The van der Waals surface area contributed by atoms with Crippen molar-refractivity contribution in [1.82, 2.24) is 9.80 Å². The van der Waals surface area contributed by atoms with Gasteiger partial charge in [0.1, 0.15) is 0 Å². The molecule has 0 aliphatic carbocycles. The Morgan fingerprint density at radius 3 is 2.67 bits per heavy atom. The summed E-state index contributed by atoms with van der Waals surface area (Å²) in [7, 11) is 0. The van der Waals surface area contributed by atoms with E-state index in [0.717, 1.165) is 38.9 Å². The minimum atomic E-state index is -0.249. The van der Waals surface area contributed by atoms with Gasteiger partial charge in [-0.1, -0.05) is 30.3 Å². The smallest absolute Gasteiger partial charge is 0.235 e. The Kier molecular flexibility index (Phi) is 5.45. The Labute approximate surface area is 160 Å². The van der Waals surface area contributed by atoms with Crippen LogP contribution in [0.3, 0.4) is 0 Å². The van der Waals surface area contributed by atoms with Gasteiger partial charge in [0.15, 0.2) is 0 Å². The number of benzene rings is 1. The molecule has 4 atom stereocenters. The molecular weight excluding hydrogens is 342 g/mol. The van der Waals surface area contributed by atoms with Gasteiger partial charge in [0.2, 0.25) is 11.8 Å². The van der Waals surface area contributed by atoms with Crippen LogP contribution in [0.15, 0.2) is 30.3 Å². The number of carbonyl (C=O) groups is 2. The van der Waals surface area contributed by atoms with Crippen LogP contribution in [0.2, 0.25) is 0 Å². The number of likely N-dealkylation sites (tertiary alicyclic amines) is 2. The number of primary amides is 1. The molecule has 6 heteroatoms. The number of fused-ring (bicyclic) bond motifs is 1. The van der Waals surface area contributed by atoms with E-state index in [1.165, 1.54) is 5.56 Å². The summed E-state index contributed by atoms with van der Waals surface area (Å²) >= 11 is 0. The lowest BCUT2D eigenvalue weighted by molar-refractivity contribution is -0.135. The van der Waals surface area contributed by atoms with E-state index < -0.39 is 0 Å². The van der Waals surface area contributed by atoms with E-state index in [1.54, 1.807) is 0 Å². The SMILES string of the molecule is NC(=O)C1C2CN(C(=O)[C@H]3CCOC3)CC2CN1CCCc1ccccc1. The van der Waals surface area contributed by atoms with Crippen molar-refractivity contribution >= 4 is 11.8 Å². The number of amides is 2. The second-order valence-electron chi connectivity index (χ2n) is 8.16. The molecule has 3 saturated heterocycles. The normalized spacial score (nSPS) is 30.6. The minimum absolute atomic E-state index is 0.00201. The van der Waals surface area contributed by atoms with Crippen LogP contribution in [-0.2, 0) is 20.7 Å². The van der Waals surface area contributed by atoms with Crippen LogP contribution in [0.5, 0.6) is 0 Å². The number of carbonyl (C=O) groups excluding carboxylic acids is 2. The van der Waals surface area contributed by atoms with Crippen molar-refractivity contribution in [2.24, 2.45) is 23.5 Å². The number of nitrogens with two attached hydrogens (primary N) is 1. The zero-order chi connectivity index (χ0) is 18.8. The Morgan fingerprint density at radius 1 is 1.15 bits per heavy atom. The number of rotatable bonds is 6. The van der Waals surface area contributed by atoms with Gasteiger partial charge in [-0.3, -0.25) is 14.5 Å². The molecule has 4 rings (SSSR count). The third-order valence-electron chi connectivity index (χ3n) is 6.40. The van der Waals surface area contributed by atoms with Gasteiger partial charge < -0.3 is 15.4 Å². The molecule has 3 aliphatic heterocycles.